The zero-order valence-corrected chi connectivity index (χ0v) is 20.1. The number of amides is 1. The van der Waals surface area contributed by atoms with Crippen molar-refractivity contribution in [2.24, 2.45) is 11.3 Å². The van der Waals surface area contributed by atoms with Crippen molar-refractivity contribution in [3.05, 3.63) is 0 Å². The Kier molecular flexibility index (Phi) is 9.23. The lowest BCUT2D eigenvalue weighted by atomic mass is 9.75. The lowest BCUT2D eigenvalue weighted by Gasteiger charge is -2.34. The van der Waals surface area contributed by atoms with E-state index in [0.717, 1.165) is 31.7 Å². The van der Waals surface area contributed by atoms with Crippen LogP contribution in [0.1, 0.15) is 104 Å². The molecule has 3 rings (SSSR count). The second-order valence-electron chi connectivity index (χ2n) is 10.4. The van der Waals surface area contributed by atoms with E-state index in [1.807, 2.05) is 0 Å². The van der Waals surface area contributed by atoms with Crippen LogP contribution in [0.3, 0.4) is 0 Å². The Hall–Kier alpha value is -0.220. The van der Waals surface area contributed by atoms with Gasteiger partial charge >= 0.3 is 0 Å². The van der Waals surface area contributed by atoms with Gasteiger partial charge in [-0.25, -0.2) is 0 Å². The Balaban J connectivity index is 1.51. The van der Waals surface area contributed by atoms with Gasteiger partial charge in [0.15, 0.2) is 0 Å². The topological polar surface area (TPSA) is 29.5 Å². The van der Waals surface area contributed by atoms with E-state index in [1.54, 1.807) is 0 Å². The van der Waals surface area contributed by atoms with Crippen molar-refractivity contribution in [2.45, 2.75) is 122 Å². The summed E-state index contributed by atoms with van der Waals surface area (Å²) in [5, 5.41) is 0.614. The molecule has 0 aromatic carbocycles. The summed E-state index contributed by atoms with van der Waals surface area (Å²) < 4.78 is 6.08. The van der Waals surface area contributed by atoms with E-state index in [-0.39, 0.29) is 12.5 Å². The summed E-state index contributed by atoms with van der Waals surface area (Å²) in [6.07, 6.45) is 17.3. The molecule has 0 radical (unpaired) electrons. The number of rotatable bonds is 7. The third kappa shape index (κ3) is 6.89. The smallest absolute Gasteiger partial charge is 0.248 e. The van der Waals surface area contributed by atoms with Crippen LogP contribution < -0.4 is 0 Å². The predicted octanol–water partition coefficient (Wildman–Crippen LogP) is 6.45. The van der Waals surface area contributed by atoms with Gasteiger partial charge in [0.1, 0.15) is 6.61 Å². The maximum absolute atomic E-state index is 13.1. The number of hydrogen-bond donors (Lipinski definition) is 0. The molecule has 0 aromatic heterocycles. The molecule has 0 aromatic rings. The molecule has 0 N–H and O–H groups in total. The summed E-state index contributed by atoms with van der Waals surface area (Å²) in [5.41, 5.74) is 0.565. The molecule has 0 bridgehead atoms. The van der Waals surface area contributed by atoms with Crippen LogP contribution in [0.2, 0.25) is 0 Å². The number of carbonyl (C=O) groups is 1. The van der Waals surface area contributed by atoms with Crippen LogP contribution in [0.25, 0.3) is 0 Å². The fourth-order valence-electron chi connectivity index (χ4n) is 5.65. The molecule has 1 spiro atoms. The SMILES string of the molecule is CCC(C)N(CC1CC2(CCCCCCC2)CS1)C(=O)COC1CCC(C)CC1. The van der Waals surface area contributed by atoms with Gasteiger partial charge in [0.25, 0.3) is 0 Å². The van der Waals surface area contributed by atoms with Crippen LogP contribution in [0.4, 0.5) is 0 Å². The summed E-state index contributed by atoms with van der Waals surface area (Å²) in [6, 6.07) is 0.312. The first kappa shape index (κ1) is 23.4. The largest absolute Gasteiger partial charge is 0.368 e. The predicted molar refractivity (Wildman–Crippen MR) is 124 cm³/mol. The highest BCUT2D eigenvalue weighted by atomic mass is 32.2. The lowest BCUT2D eigenvalue weighted by molar-refractivity contribution is -0.141. The Morgan fingerprint density at radius 3 is 2.41 bits per heavy atom. The number of carbonyl (C=O) groups excluding carboxylic acids is 1. The van der Waals surface area contributed by atoms with Crippen LogP contribution in [0, 0.1) is 11.3 Å². The molecule has 2 aliphatic carbocycles. The molecule has 3 aliphatic rings. The van der Waals surface area contributed by atoms with Crippen molar-refractivity contribution in [3.8, 4) is 0 Å². The standard InChI is InChI=1S/C25H45NO2S/c1-4-21(3)26(24(27)18-28-22-12-10-20(2)11-13-22)17-23-16-25(19-29-23)14-8-6-5-7-9-15-25/h20-23H,4-19H2,1-3H3. The van der Waals surface area contributed by atoms with Crippen LogP contribution in [-0.4, -0.2) is 47.1 Å². The first-order valence-electron chi connectivity index (χ1n) is 12.5. The zero-order chi connectivity index (χ0) is 20.7. The van der Waals surface area contributed by atoms with Crippen molar-refractivity contribution in [2.75, 3.05) is 18.9 Å². The second-order valence-corrected chi connectivity index (χ2v) is 11.7. The Bertz CT molecular complexity index is 495. The molecule has 1 amide bonds. The molecule has 1 aliphatic heterocycles. The van der Waals surface area contributed by atoms with Crippen molar-refractivity contribution in [1.29, 1.82) is 0 Å². The minimum Gasteiger partial charge on any atom is -0.368 e. The molecule has 3 nitrogen and oxygen atoms in total. The average molecular weight is 424 g/mol. The fraction of sp³-hybridized carbons (Fsp3) is 0.960. The molecular formula is C25H45NO2S. The van der Waals surface area contributed by atoms with Gasteiger partial charge in [-0.3, -0.25) is 4.79 Å². The normalized spacial score (nSPS) is 31.2. The summed E-state index contributed by atoms with van der Waals surface area (Å²) in [4.78, 5) is 15.3. The summed E-state index contributed by atoms with van der Waals surface area (Å²) in [5.74, 6) is 2.36. The molecule has 2 atom stereocenters. The minimum atomic E-state index is 0.220. The number of ether oxygens (including phenoxy) is 1. The van der Waals surface area contributed by atoms with Gasteiger partial charge in [0.2, 0.25) is 5.91 Å². The van der Waals surface area contributed by atoms with Gasteiger partial charge in [-0.15, -0.1) is 0 Å². The van der Waals surface area contributed by atoms with E-state index in [4.69, 9.17) is 4.74 Å². The third-order valence-corrected chi connectivity index (χ3v) is 9.52. The molecule has 168 valence electrons. The Morgan fingerprint density at radius 2 is 1.76 bits per heavy atom. The first-order valence-corrected chi connectivity index (χ1v) is 13.6. The molecule has 1 saturated heterocycles. The summed E-state index contributed by atoms with van der Waals surface area (Å²) in [7, 11) is 0. The van der Waals surface area contributed by atoms with Crippen molar-refractivity contribution >= 4 is 17.7 Å². The maximum atomic E-state index is 13.1. The molecule has 2 saturated carbocycles. The maximum Gasteiger partial charge on any atom is 0.248 e. The van der Waals surface area contributed by atoms with Crippen LogP contribution in [0.5, 0.6) is 0 Å². The number of thioether (sulfide) groups is 1. The molecule has 4 heteroatoms. The molecule has 1 heterocycles. The molecule has 2 unspecified atom stereocenters. The van der Waals surface area contributed by atoms with Gasteiger partial charge in [-0.05, 0) is 75.4 Å². The second kappa shape index (κ2) is 11.4. The Morgan fingerprint density at radius 1 is 1.10 bits per heavy atom. The van der Waals surface area contributed by atoms with Crippen molar-refractivity contribution in [3.63, 3.8) is 0 Å². The highest BCUT2D eigenvalue weighted by Gasteiger charge is 2.40. The first-order chi connectivity index (χ1) is 14.0. The van der Waals surface area contributed by atoms with E-state index in [0.29, 0.717) is 22.8 Å². The monoisotopic (exact) mass is 423 g/mol. The molecular weight excluding hydrogens is 378 g/mol. The minimum absolute atomic E-state index is 0.220. The molecule has 29 heavy (non-hydrogen) atoms. The van der Waals surface area contributed by atoms with Crippen LogP contribution in [0.15, 0.2) is 0 Å². The van der Waals surface area contributed by atoms with Gasteiger partial charge in [-0.1, -0.05) is 46.0 Å². The summed E-state index contributed by atoms with van der Waals surface area (Å²) >= 11 is 2.15. The number of hydrogen-bond acceptors (Lipinski definition) is 3. The van der Waals surface area contributed by atoms with Gasteiger partial charge in [0.05, 0.1) is 6.10 Å². The van der Waals surface area contributed by atoms with E-state index in [9.17, 15) is 4.79 Å². The van der Waals surface area contributed by atoms with E-state index >= 15 is 0 Å². The third-order valence-electron chi connectivity index (χ3n) is 7.95. The average Bonchev–Trinajstić information content (AvgIpc) is 3.11. The highest BCUT2D eigenvalue weighted by molar-refractivity contribution is 8.00. The summed E-state index contributed by atoms with van der Waals surface area (Å²) in [6.45, 7) is 7.95. The number of nitrogens with zero attached hydrogens (tertiary/aromatic N) is 1. The quantitative estimate of drug-likeness (QED) is 0.471. The van der Waals surface area contributed by atoms with Gasteiger partial charge in [-0.2, -0.15) is 11.8 Å². The van der Waals surface area contributed by atoms with Gasteiger partial charge < -0.3 is 9.64 Å². The van der Waals surface area contributed by atoms with Crippen LogP contribution >= 0.6 is 11.8 Å². The Labute approximate surface area is 184 Å². The van der Waals surface area contributed by atoms with E-state index in [2.05, 4.69) is 37.4 Å². The fourth-order valence-corrected chi connectivity index (χ4v) is 7.39. The van der Waals surface area contributed by atoms with Gasteiger partial charge in [0, 0.05) is 17.8 Å². The van der Waals surface area contributed by atoms with Crippen molar-refractivity contribution in [1.82, 2.24) is 4.90 Å². The lowest BCUT2D eigenvalue weighted by Crippen LogP contribution is -2.44. The van der Waals surface area contributed by atoms with E-state index in [1.165, 1.54) is 70.0 Å². The zero-order valence-electron chi connectivity index (χ0n) is 19.3. The van der Waals surface area contributed by atoms with Crippen molar-refractivity contribution < 1.29 is 9.53 Å². The molecule has 3 fully saturated rings. The van der Waals surface area contributed by atoms with E-state index < -0.39 is 0 Å². The highest BCUT2D eigenvalue weighted by Crippen LogP contribution is 2.49. The van der Waals surface area contributed by atoms with Crippen LogP contribution in [-0.2, 0) is 9.53 Å².